The average molecular weight is 566 g/mol. The predicted molar refractivity (Wildman–Crippen MR) is 149 cm³/mol. The van der Waals surface area contributed by atoms with Crippen LogP contribution in [0.25, 0.3) is 0 Å². The Morgan fingerprint density at radius 1 is 1.03 bits per heavy atom. The molecule has 8 heteroatoms. The minimum atomic E-state index is -0.765. The SMILES string of the molecule is COc1ccc(N2CCN3c4ccc(Br)cc4CC4(C(=O)N(c5ccc(Cl)cc5)N=C4C)C3C2)cc1. The van der Waals surface area contributed by atoms with Crippen molar-refractivity contribution < 1.29 is 9.53 Å². The lowest BCUT2D eigenvalue weighted by molar-refractivity contribution is -0.125. The lowest BCUT2D eigenvalue weighted by atomic mass is 9.67. The molecule has 2 unspecified atom stereocenters. The maximum absolute atomic E-state index is 14.4. The molecule has 3 aliphatic rings. The molecule has 184 valence electrons. The summed E-state index contributed by atoms with van der Waals surface area (Å²) in [5, 5.41) is 7.04. The summed E-state index contributed by atoms with van der Waals surface area (Å²) < 4.78 is 6.37. The third kappa shape index (κ3) is 3.59. The Bertz CT molecular complexity index is 1360. The Kier molecular flexibility index (Phi) is 5.73. The highest BCUT2D eigenvalue weighted by atomic mass is 79.9. The van der Waals surface area contributed by atoms with Crippen LogP contribution >= 0.6 is 27.5 Å². The summed E-state index contributed by atoms with van der Waals surface area (Å²) >= 11 is 9.76. The Balaban J connectivity index is 1.43. The molecular formula is C28H26BrClN4O2. The maximum Gasteiger partial charge on any atom is 0.261 e. The van der Waals surface area contributed by atoms with Crippen molar-refractivity contribution in [3.05, 3.63) is 81.8 Å². The van der Waals surface area contributed by atoms with Crippen molar-refractivity contribution in [3.8, 4) is 5.75 Å². The molecule has 3 aliphatic heterocycles. The number of methoxy groups -OCH3 is 1. The number of hydrazone groups is 1. The highest BCUT2D eigenvalue weighted by Gasteiger charge is 2.60. The fourth-order valence-electron chi connectivity index (χ4n) is 5.89. The molecule has 1 fully saturated rings. The van der Waals surface area contributed by atoms with Crippen LogP contribution in [0.3, 0.4) is 0 Å². The molecule has 6 rings (SSSR count). The zero-order chi connectivity index (χ0) is 25.0. The van der Waals surface area contributed by atoms with Crippen LogP contribution in [-0.4, -0.2) is 44.4 Å². The number of rotatable bonds is 3. The van der Waals surface area contributed by atoms with Crippen molar-refractivity contribution in [1.82, 2.24) is 0 Å². The van der Waals surface area contributed by atoms with E-state index in [0.29, 0.717) is 11.4 Å². The maximum atomic E-state index is 14.4. The fraction of sp³-hybridized carbons (Fsp3) is 0.286. The summed E-state index contributed by atoms with van der Waals surface area (Å²) in [6.45, 7) is 4.39. The van der Waals surface area contributed by atoms with Crippen LogP contribution in [0.5, 0.6) is 5.75 Å². The highest BCUT2D eigenvalue weighted by molar-refractivity contribution is 9.10. The lowest BCUT2D eigenvalue weighted by Gasteiger charge is -2.53. The molecule has 0 saturated carbocycles. The van der Waals surface area contributed by atoms with E-state index in [9.17, 15) is 4.79 Å². The van der Waals surface area contributed by atoms with Gasteiger partial charge in [-0.1, -0.05) is 27.5 Å². The molecule has 0 aromatic heterocycles. The zero-order valence-corrected chi connectivity index (χ0v) is 22.5. The van der Waals surface area contributed by atoms with Gasteiger partial charge < -0.3 is 14.5 Å². The van der Waals surface area contributed by atoms with E-state index in [0.717, 1.165) is 46.9 Å². The van der Waals surface area contributed by atoms with Gasteiger partial charge in [-0.2, -0.15) is 10.1 Å². The second-order valence-corrected chi connectivity index (χ2v) is 10.9. The van der Waals surface area contributed by atoms with E-state index >= 15 is 0 Å². The third-order valence-electron chi connectivity index (χ3n) is 7.75. The molecule has 36 heavy (non-hydrogen) atoms. The van der Waals surface area contributed by atoms with Crippen LogP contribution < -0.4 is 19.5 Å². The Labute approximate surface area is 224 Å². The summed E-state index contributed by atoms with van der Waals surface area (Å²) in [5.41, 5.74) is 4.31. The first-order chi connectivity index (χ1) is 17.4. The van der Waals surface area contributed by atoms with Crippen molar-refractivity contribution in [2.75, 3.05) is 41.6 Å². The van der Waals surface area contributed by atoms with Gasteiger partial charge in [-0.15, -0.1) is 0 Å². The minimum absolute atomic E-state index is 0.0135. The van der Waals surface area contributed by atoms with E-state index in [1.807, 2.05) is 31.2 Å². The molecule has 3 heterocycles. The van der Waals surface area contributed by atoms with Crippen LogP contribution in [-0.2, 0) is 11.2 Å². The largest absolute Gasteiger partial charge is 0.497 e. The second kappa shape index (κ2) is 8.82. The van der Waals surface area contributed by atoms with Gasteiger partial charge in [0.15, 0.2) is 0 Å². The van der Waals surface area contributed by atoms with Gasteiger partial charge in [0.25, 0.3) is 5.91 Å². The van der Waals surface area contributed by atoms with Crippen molar-refractivity contribution in [2.45, 2.75) is 19.4 Å². The van der Waals surface area contributed by atoms with E-state index < -0.39 is 5.41 Å². The first-order valence-corrected chi connectivity index (χ1v) is 13.2. The van der Waals surface area contributed by atoms with Gasteiger partial charge in [-0.25, -0.2) is 0 Å². The summed E-state index contributed by atoms with van der Waals surface area (Å²) in [5.74, 6) is 0.845. The number of hydrogen-bond acceptors (Lipinski definition) is 5. The van der Waals surface area contributed by atoms with Crippen molar-refractivity contribution >= 4 is 56.2 Å². The van der Waals surface area contributed by atoms with Crippen molar-refractivity contribution in [1.29, 1.82) is 0 Å². The number of piperazine rings is 1. The molecule has 0 radical (unpaired) electrons. The van der Waals surface area contributed by atoms with E-state index in [-0.39, 0.29) is 11.9 Å². The van der Waals surface area contributed by atoms with Gasteiger partial charge in [-0.05, 0) is 85.6 Å². The molecular weight excluding hydrogens is 540 g/mol. The van der Waals surface area contributed by atoms with Crippen molar-refractivity contribution in [3.63, 3.8) is 0 Å². The van der Waals surface area contributed by atoms with Gasteiger partial charge >= 0.3 is 0 Å². The number of carbonyl (C=O) groups is 1. The van der Waals surface area contributed by atoms with Crippen LogP contribution in [0, 0.1) is 5.41 Å². The van der Waals surface area contributed by atoms with Crippen LogP contribution in [0.2, 0.25) is 5.02 Å². The number of ether oxygens (including phenoxy) is 1. The number of halogens is 2. The number of benzene rings is 3. The molecule has 1 amide bonds. The fourth-order valence-corrected chi connectivity index (χ4v) is 6.42. The van der Waals surface area contributed by atoms with Gasteiger partial charge in [0.2, 0.25) is 0 Å². The average Bonchev–Trinajstić information content (AvgIpc) is 3.14. The number of hydrogen-bond donors (Lipinski definition) is 0. The van der Waals surface area contributed by atoms with E-state index in [1.165, 1.54) is 11.3 Å². The van der Waals surface area contributed by atoms with Crippen LogP contribution in [0.15, 0.2) is 76.3 Å². The Morgan fingerprint density at radius 2 is 1.75 bits per heavy atom. The monoisotopic (exact) mass is 564 g/mol. The summed E-state index contributed by atoms with van der Waals surface area (Å²) in [7, 11) is 1.68. The number of nitrogens with zero attached hydrogens (tertiary/aromatic N) is 4. The standard InChI is InChI=1S/C28H26BrClN4O2/c1-18-28(27(35)34(31-18)23-6-4-21(30)5-7-23)16-19-15-20(29)3-12-25(19)33-14-13-32(17-26(28)33)22-8-10-24(36-2)11-9-22/h3-12,15,26H,13-14,16-17H2,1-2H3. The third-order valence-corrected chi connectivity index (χ3v) is 8.49. The predicted octanol–water partition coefficient (Wildman–Crippen LogP) is 5.77. The van der Waals surface area contributed by atoms with Gasteiger partial charge in [-0.3, -0.25) is 4.79 Å². The smallest absolute Gasteiger partial charge is 0.261 e. The molecule has 1 spiro atoms. The Morgan fingerprint density at radius 3 is 2.47 bits per heavy atom. The molecule has 3 aromatic carbocycles. The molecule has 3 aromatic rings. The van der Waals surface area contributed by atoms with Gasteiger partial charge in [0.05, 0.1) is 24.6 Å². The number of anilines is 3. The minimum Gasteiger partial charge on any atom is -0.497 e. The lowest BCUT2D eigenvalue weighted by Crippen LogP contribution is -2.67. The van der Waals surface area contributed by atoms with Gasteiger partial charge in [0.1, 0.15) is 11.2 Å². The zero-order valence-electron chi connectivity index (χ0n) is 20.1. The van der Waals surface area contributed by atoms with E-state index in [2.05, 4.69) is 56.1 Å². The highest BCUT2D eigenvalue weighted by Crippen LogP contribution is 2.49. The Hall–Kier alpha value is -3.03. The molecule has 0 aliphatic carbocycles. The first-order valence-electron chi connectivity index (χ1n) is 12.0. The second-order valence-electron chi connectivity index (χ2n) is 9.55. The summed E-state index contributed by atoms with van der Waals surface area (Å²) in [6.07, 6.45) is 0.609. The normalized spacial score (nSPS) is 23.0. The number of amides is 1. The quantitative estimate of drug-likeness (QED) is 0.405. The molecule has 1 saturated heterocycles. The van der Waals surface area contributed by atoms with Crippen molar-refractivity contribution in [2.24, 2.45) is 10.5 Å². The van der Waals surface area contributed by atoms with Crippen LogP contribution in [0.1, 0.15) is 12.5 Å². The van der Waals surface area contributed by atoms with Crippen LogP contribution in [0.4, 0.5) is 17.1 Å². The number of carbonyl (C=O) groups excluding carboxylic acids is 1. The van der Waals surface area contributed by atoms with E-state index in [1.54, 1.807) is 24.3 Å². The summed E-state index contributed by atoms with van der Waals surface area (Å²) in [4.78, 5) is 19.2. The van der Waals surface area contributed by atoms with E-state index in [4.69, 9.17) is 21.4 Å². The van der Waals surface area contributed by atoms with Gasteiger partial charge in [0, 0.05) is 40.5 Å². The molecule has 0 N–H and O–H groups in total. The first kappa shape index (κ1) is 23.4. The molecule has 2 atom stereocenters. The topological polar surface area (TPSA) is 48.4 Å². The number of fused-ring (bicyclic) bond motifs is 4. The molecule has 0 bridgehead atoms. The summed E-state index contributed by atoms with van der Waals surface area (Å²) in [6, 6.07) is 21.8. The molecule has 6 nitrogen and oxygen atoms in total.